The molecule has 2 rings (SSSR count). The number of hydrogen-bond donors (Lipinski definition) is 2. The van der Waals surface area contributed by atoms with Gasteiger partial charge in [-0.25, -0.2) is 9.97 Å². The summed E-state index contributed by atoms with van der Waals surface area (Å²) >= 11 is 0. The fourth-order valence-electron chi connectivity index (χ4n) is 1.61. The van der Waals surface area contributed by atoms with E-state index in [2.05, 4.69) is 30.8 Å². The third-order valence-corrected chi connectivity index (χ3v) is 2.57. The molecule has 0 aliphatic rings. The Morgan fingerprint density at radius 3 is 2.60 bits per heavy atom. The van der Waals surface area contributed by atoms with E-state index in [0.29, 0.717) is 12.4 Å². The molecule has 0 radical (unpaired) electrons. The second-order valence-electron chi connectivity index (χ2n) is 3.92. The summed E-state index contributed by atoms with van der Waals surface area (Å²) in [5, 5.41) is 24.5. The molecule has 0 aliphatic carbocycles. The Bertz CT molecular complexity index is 611. The summed E-state index contributed by atoms with van der Waals surface area (Å²) in [6.45, 7) is 2.64. The van der Waals surface area contributed by atoms with Crippen molar-refractivity contribution in [2.75, 3.05) is 17.2 Å². The Kier molecular flexibility index (Phi) is 4.03. The molecule has 2 aromatic rings. The molecular weight excluding hydrogens is 264 g/mol. The van der Waals surface area contributed by atoms with Crippen LogP contribution in [0.4, 0.5) is 17.3 Å². The van der Waals surface area contributed by atoms with Crippen LogP contribution in [0.5, 0.6) is 0 Å². The highest BCUT2D eigenvalue weighted by molar-refractivity contribution is 5.69. The first-order chi connectivity index (χ1) is 9.63. The van der Waals surface area contributed by atoms with Gasteiger partial charge in [0.2, 0.25) is 11.6 Å². The smallest absolute Gasteiger partial charge is 0.353 e. The van der Waals surface area contributed by atoms with Gasteiger partial charge in [-0.3, -0.25) is 10.1 Å². The van der Waals surface area contributed by atoms with Gasteiger partial charge in [-0.1, -0.05) is 0 Å². The molecule has 0 unspecified atom stereocenters. The molecule has 10 heteroatoms. The molecule has 0 aliphatic heterocycles. The van der Waals surface area contributed by atoms with E-state index in [1.165, 1.54) is 6.33 Å². The monoisotopic (exact) mass is 278 g/mol. The maximum absolute atomic E-state index is 11.2. The lowest BCUT2D eigenvalue weighted by atomic mass is 10.4. The molecular formula is C10H14N8O2. The van der Waals surface area contributed by atoms with E-state index in [-0.39, 0.29) is 23.9 Å². The van der Waals surface area contributed by atoms with Crippen molar-refractivity contribution in [2.24, 2.45) is 7.05 Å². The first kappa shape index (κ1) is 13.6. The average Bonchev–Trinajstić information content (AvgIpc) is 2.82. The van der Waals surface area contributed by atoms with Gasteiger partial charge in [0.15, 0.2) is 5.82 Å². The van der Waals surface area contributed by atoms with Crippen LogP contribution in [0.25, 0.3) is 0 Å². The van der Waals surface area contributed by atoms with Gasteiger partial charge >= 0.3 is 5.69 Å². The van der Waals surface area contributed by atoms with Crippen molar-refractivity contribution in [2.45, 2.75) is 13.5 Å². The number of rotatable bonds is 6. The third-order valence-electron chi connectivity index (χ3n) is 2.57. The zero-order chi connectivity index (χ0) is 14.5. The van der Waals surface area contributed by atoms with Crippen LogP contribution in [-0.4, -0.2) is 36.2 Å². The summed E-state index contributed by atoms with van der Waals surface area (Å²) in [6.07, 6.45) is 2.82. The fourth-order valence-corrected chi connectivity index (χ4v) is 1.61. The summed E-state index contributed by atoms with van der Waals surface area (Å²) in [7, 11) is 1.79. The van der Waals surface area contributed by atoms with Crippen LogP contribution in [0.1, 0.15) is 12.7 Å². The normalized spacial score (nSPS) is 10.3. The van der Waals surface area contributed by atoms with Gasteiger partial charge in [0.25, 0.3) is 0 Å². The predicted octanol–water partition coefficient (Wildman–Crippen LogP) is 0.557. The fraction of sp³-hybridized carbons (Fsp3) is 0.400. The van der Waals surface area contributed by atoms with E-state index in [4.69, 9.17) is 0 Å². The molecule has 0 amide bonds. The molecule has 2 N–H and O–H groups in total. The van der Waals surface area contributed by atoms with E-state index in [1.54, 1.807) is 17.9 Å². The zero-order valence-corrected chi connectivity index (χ0v) is 11.1. The molecule has 0 saturated heterocycles. The van der Waals surface area contributed by atoms with Gasteiger partial charge in [-0.05, 0) is 6.92 Å². The van der Waals surface area contributed by atoms with Crippen molar-refractivity contribution in [3.05, 3.63) is 28.6 Å². The van der Waals surface area contributed by atoms with Crippen molar-refractivity contribution < 1.29 is 4.92 Å². The molecule has 0 saturated carbocycles. The van der Waals surface area contributed by atoms with Crippen LogP contribution in [0.3, 0.4) is 0 Å². The lowest BCUT2D eigenvalue weighted by molar-refractivity contribution is -0.383. The Labute approximate surface area is 114 Å². The quantitative estimate of drug-likeness (QED) is 0.580. The van der Waals surface area contributed by atoms with Gasteiger partial charge < -0.3 is 15.2 Å². The number of nitro groups is 1. The van der Waals surface area contributed by atoms with Gasteiger partial charge in [-0.2, -0.15) is 0 Å². The molecule has 0 aromatic carbocycles. The second kappa shape index (κ2) is 5.91. The maximum atomic E-state index is 11.2. The maximum Gasteiger partial charge on any atom is 0.353 e. The van der Waals surface area contributed by atoms with Gasteiger partial charge in [-0.15, -0.1) is 10.2 Å². The summed E-state index contributed by atoms with van der Waals surface area (Å²) < 4.78 is 1.71. The third kappa shape index (κ3) is 2.79. The molecule has 2 heterocycles. The van der Waals surface area contributed by atoms with Crippen molar-refractivity contribution in [1.82, 2.24) is 24.7 Å². The average molecular weight is 278 g/mol. The minimum absolute atomic E-state index is 0.143. The van der Waals surface area contributed by atoms with Gasteiger partial charge in [0.05, 0.1) is 11.5 Å². The lowest BCUT2D eigenvalue weighted by Crippen LogP contribution is -2.11. The number of nitrogens with one attached hydrogen (secondary N) is 2. The predicted molar refractivity (Wildman–Crippen MR) is 71.2 cm³/mol. The molecule has 0 spiro atoms. The van der Waals surface area contributed by atoms with Crippen LogP contribution in [0, 0.1) is 10.1 Å². The minimum Gasteiger partial charge on any atom is -0.364 e. The second-order valence-corrected chi connectivity index (χ2v) is 3.92. The van der Waals surface area contributed by atoms with Gasteiger partial charge in [0.1, 0.15) is 12.7 Å². The summed E-state index contributed by atoms with van der Waals surface area (Å²) in [5.74, 6) is 0.972. The van der Waals surface area contributed by atoms with Crippen LogP contribution in [0.15, 0.2) is 12.7 Å². The topological polar surface area (TPSA) is 124 Å². The first-order valence-corrected chi connectivity index (χ1v) is 5.93. The molecule has 0 atom stereocenters. The summed E-state index contributed by atoms with van der Waals surface area (Å²) in [5.41, 5.74) is -0.184. The molecule has 2 aromatic heterocycles. The number of anilines is 2. The van der Waals surface area contributed by atoms with Crippen molar-refractivity contribution in [3.8, 4) is 0 Å². The molecule has 106 valence electrons. The highest BCUT2D eigenvalue weighted by Gasteiger charge is 2.22. The number of hydrogen-bond acceptors (Lipinski definition) is 8. The Morgan fingerprint density at radius 2 is 2.05 bits per heavy atom. The van der Waals surface area contributed by atoms with Crippen molar-refractivity contribution in [3.63, 3.8) is 0 Å². The molecule has 20 heavy (non-hydrogen) atoms. The van der Waals surface area contributed by atoms with Gasteiger partial charge in [0, 0.05) is 13.6 Å². The van der Waals surface area contributed by atoms with Crippen LogP contribution in [-0.2, 0) is 13.6 Å². The number of aryl methyl sites for hydroxylation is 1. The summed E-state index contributed by atoms with van der Waals surface area (Å²) in [6, 6.07) is 0. The Balaban J connectivity index is 2.24. The molecule has 10 nitrogen and oxygen atoms in total. The number of aromatic nitrogens is 5. The van der Waals surface area contributed by atoms with E-state index < -0.39 is 4.92 Å². The highest BCUT2D eigenvalue weighted by atomic mass is 16.6. The van der Waals surface area contributed by atoms with Crippen molar-refractivity contribution >= 4 is 17.3 Å². The van der Waals surface area contributed by atoms with E-state index in [0.717, 1.165) is 0 Å². The Morgan fingerprint density at radius 1 is 1.35 bits per heavy atom. The summed E-state index contributed by atoms with van der Waals surface area (Å²) in [4.78, 5) is 18.4. The van der Waals surface area contributed by atoms with Crippen molar-refractivity contribution in [1.29, 1.82) is 0 Å². The highest BCUT2D eigenvalue weighted by Crippen LogP contribution is 2.28. The standard InChI is InChI=1S/C10H14N8O2/c1-3-11-9-8(18(19)20)10(14-5-13-9)12-4-7-16-15-6-17(7)2/h5-6H,3-4H2,1-2H3,(H2,11,12,13,14). The molecule has 0 bridgehead atoms. The van der Waals surface area contributed by atoms with Crippen LogP contribution < -0.4 is 10.6 Å². The SMILES string of the molecule is CCNc1ncnc(NCc2nncn2C)c1[N+](=O)[O-]. The van der Waals surface area contributed by atoms with E-state index in [9.17, 15) is 10.1 Å². The largest absolute Gasteiger partial charge is 0.364 e. The first-order valence-electron chi connectivity index (χ1n) is 5.93. The lowest BCUT2D eigenvalue weighted by Gasteiger charge is -2.08. The number of nitrogens with zero attached hydrogens (tertiary/aromatic N) is 6. The molecule has 0 fully saturated rings. The Hall–Kier alpha value is -2.78. The van der Waals surface area contributed by atoms with Crippen LogP contribution in [0.2, 0.25) is 0 Å². The minimum atomic E-state index is -0.517. The van der Waals surface area contributed by atoms with E-state index in [1.807, 2.05) is 6.92 Å². The zero-order valence-electron chi connectivity index (χ0n) is 11.1. The van der Waals surface area contributed by atoms with E-state index >= 15 is 0 Å². The van der Waals surface area contributed by atoms with Crippen LogP contribution >= 0.6 is 0 Å².